The fourth-order valence-electron chi connectivity index (χ4n) is 13.1. The molecule has 0 amide bonds. The zero-order valence-corrected chi connectivity index (χ0v) is 33.2. The van der Waals surface area contributed by atoms with Crippen molar-refractivity contribution in [2.24, 2.45) is 50.7 Å². The van der Waals surface area contributed by atoms with Crippen LogP contribution < -0.4 is 0 Å². The summed E-state index contributed by atoms with van der Waals surface area (Å²) in [5.74, 6) is 2.38. The van der Waals surface area contributed by atoms with Gasteiger partial charge in [0.15, 0.2) is 5.76 Å². The zero-order valence-electron chi connectivity index (χ0n) is 32.5. The van der Waals surface area contributed by atoms with Gasteiger partial charge in [-0.1, -0.05) is 71.2 Å². The summed E-state index contributed by atoms with van der Waals surface area (Å²) in [5, 5.41) is 10.3. The number of fused-ring (bicyclic) bond motifs is 7. The van der Waals surface area contributed by atoms with Crippen LogP contribution in [0.1, 0.15) is 139 Å². The highest BCUT2D eigenvalue weighted by atomic mass is 35.5. The number of aromatic nitrogens is 1. The number of hydrogen-bond donors (Lipinski definition) is 1. The van der Waals surface area contributed by atoms with Gasteiger partial charge in [-0.2, -0.15) is 0 Å². The van der Waals surface area contributed by atoms with E-state index >= 15 is 0 Å². The Labute approximate surface area is 310 Å². The summed E-state index contributed by atoms with van der Waals surface area (Å²) < 4.78 is 13.0. The van der Waals surface area contributed by atoms with Crippen LogP contribution in [0.2, 0.25) is 5.02 Å². The molecule has 0 radical (unpaired) electrons. The van der Waals surface area contributed by atoms with Crippen LogP contribution in [0.3, 0.4) is 0 Å². The third-order valence-corrected chi connectivity index (χ3v) is 16.3. The van der Waals surface area contributed by atoms with E-state index in [0.29, 0.717) is 23.7 Å². The van der Waals surface area contributed by atoms with Crippen molar-refractivity contribution >= 4 is 23.5 Å². The van der Waals surface area contributed by atoms with Crippen LogP contribution in [0, 0.1) is 50.7 Å². The smallest absolute Gasteiger partial charge is 0.309 e. The Morgan fingerprint density at radius 1 is 0.941 bits per heavy atom. The van der Waals surface area contributed by atoms with E-state index in [1.807, 2.05) is 30.5 Å². The molecule has 4 saturated carbocycles. The van der Waals surface area contributed by atoms with Gasteiger partial charge >= 0.3 is 11.9 Å². The van der Waals surface area contributed by atoms with E-state index in [4.69, 9.17) is 25.7 Å². The molecule has 8 atom stereocenters. The number of esters is 1. The number of carboxylic acid groups (broad SMARTS) is 1. The number of rotatable bonds is 7. The van der Waals surface area contributed by atoms with E-state index in [1.165, 1.54) is 25.7 Å². The second-order valence-electron chi connectivity index (χ2n) is 19.5. The summed E-state index contributed by atoms with van der Waals surface area (Å²) in [6.07, 6.45) is 12.6. The predicted octanol–water partition coefficient (Wildman–Crippen LogP) is 11.5. The Bertz CT molecular complexity index is 1740. The molecule has 1 aromatic heterocycles. The monoisotopic (exact) mass is 717 g/mol. The van der Waals surface area contributed by atoms with Gasteiger partial charge in [0.05, 0.1) is 23.4 Å². The normalized spacial score (nSPS) is 37.3. The SMILES string of the molecule is CC(C)C1=C2[C@H]3CC[C@@H]4[C@@]5(C)CC[C@H](OC(=O)CC(C)(C)C(=O)O)C(C)(C)[C@@H]5CC[C@@]4(C)[C@]3(C)CC[C@@]2(c2ncc(-c3ccc(Cl)cc3)o2)CC1. The molecule has 51 heavy (non-hydrogen) atoms. The predicted molar refractivity (Wildman–Crippen MR) is 201 cm³/mol. The van der Waals surface area contributed by atoms with Crippen LogP contribution >= 0.6 is 11.6 Å². The van der Waals surface area contributed by atoms with E-state index < -0.39 is 11.4 Å². The molecule has 0 unspecified atom stereocenters. The van der Waals surface area contributed by atoms with Crippen molar-refractivity contribution in [1.29, 1.82) is 0 Å². The van der Waals surface area contributed by atoms with Crippen molar-refractivity contribution in [2.75, 3.05) is 0 Å². The molecule has 1 aromatic carbocycles. The molecule has 5 aliphatic carbocycles. The maximum absolute atomic E-state index is 13.1. The van der Waals surface area contributed by atoms with Gasteiger partial charge < -0.3 is 14.3 Å². The first kappa shape index (κ1) is 36.7. The quantitative estimate of drug-likeness (QED) is 0.226. The van der Waals surface area contributed by atoms with E-state index in [-0.39, 0.29) is 45.6 Å². The van der Waals surface area contributed by atoms with Crippen molar-refractivity contribution in [3.63, 3.8) is 0 Å². The number of halogens is 1. The van der Waals surface area contributed by atoms with Crippen molar-refractivity contribution < 1.29 is 23.8 Å². The molecule has 0 saturated heterocycles. The van der Waals surface area contributed by atoms with Crippen LogP contribution in [-0.4, -0.2) is 28.1 Å². The number of carboxylic acids is 1. The topological polar surface area (TPSA) is 89.6 Å². The minimum Gasteiger partial charge on any atom is -0.481 e. The molecule has 1 heterocycles. The molecular formula is C44H60ClNO5. The van der Waals surface area contributed by atoms with Gasteiger partial charge in [0.25, 0.3) is 0 Å². The summed E-state index contributed by atoms with van der Waals surface area (Å²) in [6, 6.07) is 7.87. The standard InChI is InChI=1S/C44H60ClNO5/c1-26(2)29-16-21-44(37-46-25-31(50-37)27-10-12-28(45)13-11-27)23-22-42(8)30(36(29)44)14-15-33-41(7)19-18-34(51-35(47)24-39(3,4)38(48)49)40(5,6)32(41)17-20-43(33,42)9/h10-13,25-26,30,32-34H,14-24H2,1-9H3,(H,48,49)/t30-,32+,33-,34+,41+,42-,43-,44+/m1/s1. The lowest BCUT2D eigenvalue weighted by Crippen LogP contribution is -2.66. The number of carbonyl (C=O) groups is 2. The fourth-order valence-corrected chi connectivity index (χ4v) is 13.2. The Hall–Kier alpha value is -2.60. The molecule has 0 bridgehead atoms. The number of nitrogens with zero attached hydrogens (tertiary/aromatic N) is 1. The van der Waals surface area contributed by atoms with Crippen LogP contribution in [0.15, 0.2) is 46.0 Å². The molecule has 7 rings (SSSR count). The van der Waals surface area contributed by atoms with Gasteiger partial charge in [-0.25, -0.2) is 4.98 Å². The van der Waals surface area contributed by atoms with Crippen LogP contribution in [0.5, 0.6) is 0 Å². The second kappa shape index (κ2) is 12.2. The van der Waals surface area contributed by atoms with Crippen LogP contribution in [-0.2, 0) is 19.7 Å². The van der Waals surface area contributed by atoms with Gasteiger partial charge in [-0.15, -0.1) is 0 Å². The molecule has 278 valence electrons. The second-order valence-corrected chi connectivity index (χ2v) is 20.0. The molecule has 4 fully saturated rings. The number of aliphatic carboxylic acids is 1. The maximum atomic E-state index is 13.1. The van der Waals surface area contributed by atoms with Gasteiger partial charge in [-0.3, -0.25) is 9.59 Å². The number of benzene rings is 1. The molecule has 1 N–H and O–H groups in total. The third-order valence-electron chi connectivity index (χ3n) is 16.1. The van der Waals surface area contributed by atoms with Gasteiger partial charge in [-0.05, 0) is 142 Å². The first-order chi connectivity index (χ1) is 23.8. The lowest BCUT2D eigenvalue weighted by atomic mass is 9.33. The summed E-state index contributed by atoms with van der Waals surface area (Å²) in [7, 11) is 0. The number of oxazole rings is 1. The van der Waals surface area contributed by atoms with Gasteiger partial charge in [0, 0.05) is 16.0 Å². The number of allylic oxidation sites excluding steroid dienone is 2. The van der Waals surface area contributed by atoms with E-state index in [1.54, 1.807) is 25.0 Å². The van der Waals surface area contributed by atoms with Crippen molar-refractivity contribution in [3.8, 4) is 11.3 Å². The Balaban J connectivity index is 1.18. The van der Waals surface area contributed by atoms with Crippen molar-refractivity contribution in [2.45, 2.75) is 144 Å². The molecule has 7 heteroatoms. The average Bonchev–Trinajstić information content (AvgIpc) is 3.70. The molecular weight excluding hydrogens is 658 g/mol. The third kappa shape index (κ3) is 5.41. The maximum Gasteiger partial charge on any atom is 0.309 e. The number of carbonyl (C=O) groups excluding carboxylic acids is 1. The van der Waals surface area contributed by atoms with E-state index in [2.05, 4.69) is 48.5 Å². The first-order valence-electron chi connectivity index (χ1n) is 19.7. The summed E-state index contributed by atoms with van der Waals surface area (Å²) in [6.45, 7) is 20.5. The highest BCUT2D eigenvalue weighted by Gasteiger charge is 2.70. The molecule has 5 aliphatic rings. The van der Waals surface area contributed by atoms with E-state index in [0.717, 1.165) is 60.8 Å². The summed E-state index contributed by atoms with van der Waals surface area (Å²) in [5.41, 5.74) is 3.34. The number of hydrogen-bond acceptors (Lipinski definition) is 5. The molecule has 0 aliphatic heterocycles. The molecule has 0 spiro atoms. The minimum atomic E-state index is -1.14. The highest BCUT2D eigenvalue weighted by Crippen LogP contribution is 2.77. The zero-order chi connectivity index (χ0) is 36.9. The molecule has 2 aromatic rings. The minimum absolute atomic E-state index is 0.108. The Morgan fingerprint density at radius 3 is 2.31 bits per heavy atom. The highest BCUT2D eigenvalue weighted by molar-refractivity contribution is 6.30. The molecule has 6 nitrogen and oxygen atoms in total. The van der Waals surface area contributed by atoms with E-state index in [9.17, 15) is 14.7 Å². The van der Waals surface area contributed by atoms with Crippen LogP contribution in [0.25, 0.3) is 11.3 Å². The summed E-state index contributed by atoms with van der Waals surface area (Å²) in [4.78, 5) is 29.9. The van der Waals surface area contributed by atoms with Gasteiger partial charge in [0.1, 0.15) is 6.10 Å². The van der Waals surface area contributed by atoms with Crippen molar-refractivity contribution in [3.05, 3.63) is 52.5 Å². The fraction of sp³-hybridized carbons (Fsp3) is 0.705. The number of ether oxygens (including phenoxy) is 1. The largest absolute Gasteiger partial charge is 0.481 e. The van der Waals surface area contributed by atoms with Crippen LogP contribution in [0.4, 0.5) is 0 Å². The van der Waals surface area contributed by atoms with Gasteiger partial charge in [0.2, 0.25) is 5.89 Å². The Kier molecular flexibility index (Phi) is 8.80. The Morgan fingerprint density at radius 2 is 1.65 bits per heavy atom. The first-order valence-corrected chi connectivity index (χ1v) is 20.1. The lowest BCUT2D eigenvalue weighted by Gasteiger charge is -2.72. The summed E-state index contributed by atoms with van der Waals surface area (Å²) >= 11 is 6.21. The average molecular weight is 718 g/mol. The lowest BCUT2D eigenvalue weighted by molar-refractivity contribution is -0.232. The van der Waals surface area contributed by atoms with Crippen molar-refractivity contribution in [1.82, 2.24) is 4.98 Å².